The number of rotatable bonds is 5. The molecule has 0 radical (unpaired) electrons. The molecule has 9 nitrogen and oxygen atoms in total. The predicted octanol–water partition coefficient (Wildman–Crippen LogP) is 0.920. The highest BCUT2D eigenvalue weighted by molar-refractivity contribution is 5.92. The van der Waals surface area contributed by atoms with Crippen molar-refractivity contribution in [3.8, 4) is 0 Å². The van der Waals surface area contributed by atoms with E-state index >= 15 is 0 Å². The number of amides is 1. The molecule has 1 amide bonds. The van der Waals surface area contributed by atoms with Crippen molar-refractivity contribution >= 4 is 17.1 Å². The molecule has 1 unspecified atom stereocenters. The summed E-state index contributed by atoms with van der Waals surface area (Å²) in [5.74, 6) is -0.189. The van der Waals surface area contributed by atoms with Gasteiger partial charge in [-0.2, -0.15) is 0 Å². The first-order valence-electron chi connectivity index (χ1n) is 8.43. The zero-order valence-electron chi connectivity index (χ0n) is 14.4. The number of nitrogens with zero attached hydrogens (tertiary/aromatic N) is 5. The van der Waals surface area contributed by atoms with Gasteiger partial charge in [0.2, 0.25) is 0 Å². The highest BCUT2D eigenvalue weighted by Crippen LogP contribution is 2.25. The normalized spacial score (nSPS) is 17.3. The van der Waals surface area contributed by atoms with Gasteiger partial charge < -0.3 is 14.1 Å². The second-order valence-electron chi connectivity index (χ2n) is 6.21. The Hall–Kier alpha value is -2.94. The van der Waals surface area contributed by atoms with Crippen molar-refractivity contribution in [3.05, 3.63) is 47.2 Å². The smallest absolute Gasteiger partial charge is 0.330 e. The van der Waals surface area contributed by atoms with Gasteiger partial charge in [0.1, 0.15) is 6.26 Å². The maximum absolute atomic E-state index is 13.0. The molecule has 1 saturated heterocycles. The van der Waals surface area contributed by atoms with Gasteiger partial charge in [0.25, 0.3) is 5.91 Å². The second kappa shape index (κ2) is 6.75. The molecule has 1 fully saturated rings. The van der Waals surface area contributed by atoms with Gasteiger partial charge in [-0.25, -0.2) is 14.8 Å². The predicted molar refractivity (Wildman–Crippen MR) is 91.9 cm³/mol. The molecule has 0 N–H and O–H groups in total. The average molecular weight is 357 g/mol. The minimum atomic E-state index is -0.189. The molecule has 1 aliphatic rings. The lowest BCUT2D eigenvalue weighted by Gasteiger charge is -2.15. The summed E-state index contributed by atoms with van der Waals surface area (Å²) in [7, 11) is 1.60. The second-order valence-corrected chi connectivity index (χ2v) is 6.21. The standard InChI is InChI=1S/C17H19N5O4/c1-25-8-7-21-14-3-2-5-18-15(14)22(17(21)24)12-4-6-20(9-12)16(23)13-10-26-11-19-13/h2-3,5,10-12H,4,6-9H2,1H3. The van der Waals surface area contributed by atoms with Gasteiger partial charge in [-0.3, -0.25) is 13.9 Å². The van der Waals surface area contributed by atoms with E-state index in [0.717, 1.165) is 5.52 Å². The topological polar surface area (TPSA) is 95.4 Å². The fourth-order valence-corrected chi connectivity index (χ4v) is 3.45. The largest absolute Gasteiger partial charge is 0.451 e. The molecule has 3 aromatic rings. The van der Waals surface area contributed by atoms with Crippen LogP contribution in [0.4, 0.5) is 0 Å². The van der Waals surface area contributed by atoms with E-state index in [1.165, 1.54) is 12.7 Å². The van der Waals surface area contributed by atoms with E-state index < -0.39 is 0 Å². The molecule has 0 saturated carbocycles. The van der Waals surface area contributed by atoms with Gasteiger partial charge in [0.15, 0.2) is 17.7 Å². The number of carbonyl (C=O) groups excluding carboxylic acids is 1. The van der Waals surface area contributed by atoms with Crippen molar-refractivity contribution < 1.29 is 13.9 Å². The van der Waals surface area contributed by atoms with E-state index in [1.54, 1.807) is 27.3 Å². The van der Waals surface area contributed by atoms with Crippen molar-refractivity contribution in [3.63, 3.8) is 0 Å². The van der Waals surface area contributed by atoms with Crippen LogP contribution in [0.5, 0.6) is 0 Å². The van der Waals surface area contributed by atoms with Crippen molar-refractivity contribution in [2.24, 2.45) is 0 Å². The lowest BCUT2D eigenvalue weighted by Crippen LogP contribution is -2.32. The van der Waals surface area contributed by atoms with E-state index in [1.807, 2.05) is 12.1 Å². The molecule has 3 aromatic heterocycles. The first-order valence-corrected chi connectivity index (χ1v) is 8.43. The number of imidazole rings is 1. The molecule has 4 rings (SSSR count). The van der Waals surface area contributed by atoms with E-state index in [-0.39, 0.29) is 23.3 Å². The van der Waals surface area contributed by atoms with Crippen molar-refractivity contribution in [2.75, 3.05) is 26.8 Å². The zero-order valence-corrected chi connectivity index (χ0v) is 14.4. The van der Waals surface area contributed by atoms with E-state index in [2.05, 4.69) is 9.97 Å². The third-order valence-electron chi connectivity index (χ3n) is 4.71. The summed E-state index contributed by atoms with van der Waals surface area (Å²) in [6, 6.07) is 3.56. The Kier molecular flexibility index (Phi) is 4.29. The van der Waals surface area contributed by atoms with Crippen LogP contribution < -0.4 is 5.69 Å². The number of ether oxygens (including phenoxy) is 1. The molecule has 4 heterocycles. The fourth-order valence-electron chi connectivity index (χ4n) is 3.45. The van der Waals surface area contributed by atoms with Crippen LogP contribution in [0.3, 0.4) is 0 Å². The molecular weight excluding hydrogens is 338 g/mol. The van der Waals surface area contributed by atoms with Crippen LogP contribution in [-0.4, -0.2) is 56.7 Å². The number of hydrogen-bond donors (Lipinski definition) is 0. The molecular formula is C17H19N5O4. The van der Waals surface area contributed by atoms with Gasteiger partial charge >= 0.3 is 5.69 Å². The van der Waals surface area contributed by atoms with E-state index in [4.69, 9.17) is 9.15 Å². The summed E-state index contributed by atoms with van der Waals surface area (Å²) >= 11 is 0. The van der Waals surface area contributed by atoms with Crippen LogP contribution in [-0.2, 0) is 11.3 Å². The Morgan fingerprint density at radius 3 is 3.08 bits per heavy atom. The van der Waals surface area contributed by atoms with Crippen LogP contribution in [0.2, 0.25) is 0 Å². The summed E-state index contributed by atoms with van der Waals surface area (Å²) in [4.78, 5) is 35.4. The Bertz CT molecular complexity index is 975. The SMILES string of the molecule is COCCn1c(=O)n(C2CCN(C(=O)c3cocn3)C2)c2ncccc21. The molecule has 0 bridgehead atoms. The van der Waals surface area contributed by atoms with Crippen molar-refractivity contribution in [2.45, 2.75) is 19.0 Å². The Balaban J connectivity index is 1.66. The van der Waals surface area contributed by atoms with Gasteiger partial charge in [0, 0.05) is 26.4 Å². The molecule has 26 heavy (non-hydrogen) atoms. The minimum absolute atomic E-state index is 0.125. The van der Waals surface area contributed by atoms with Gasteiger partial charge in [-0.15, -0.1) is 0 Å². The summed E-state index contributed by atoms with van der Waals surface area (Å²) < 4.78 is 13.4. The molecule has 9 heteroatoms. The number of likely N-dealkylation sites (tertiary alicyclic amines) is 1. The Labute approximate surface area is 148 Å². The number of methoxy groups -OCH3 is 1. The number of pyridine rings is 1. The number of carbonyl (C=O) groups is 1. The molecule has 0 aromatic carbocycles. The lowest BCUT2D eigenvalue weighted by molar-refractivity contribution is 0.0782. The first-order chi connectivity index (χ1) is 12.7. The minimum Gasteiger partial charge on any atom is -0.451 e. The van der Waals surface area contributed by atoms with Crippen LogP contribution >= 0.6 is 0 Å². The Morgan fingerprint density at radius 1 is 1.42 bits per heavy atom. The molecule has 136 valence electrons. The average Bonchev–Trinajstić information content (AvgIpc) is 3.39. The molecule has 0 spiro atoms. The van der Waals surface area contributed by atoms with Gasteiger partial charge in [-0.1, -0.05) is 0 Å². The summed E-state index contributed by atoms with van der Waals surface area (Å²) in [6.07, 6.45) is 4.92. The highest BCUT2D eigenvalue weighted by Gasteiger charge is 2.32. The van der Waals surface area contributed by atoms with Crippen LogP contribution in [0.15, 0.2) is 40.2 Å². The number of aromatic nitrogens is 4. The quantitative estimate of drug-likeness (QED) is 0.674. The van der Waals surface area contributed by atoms with Crippen molar-refractivity contribution in [1.29, 1.82) is 0 Å². The van der Waals surface area contributed by atoms with Gasteiger partial charge in [0.05, 0.1) is 24.7 Å². The molecule has 1 atom stereocenters. The maximum Gasteiger partial charge on any atom is 0.330 e. The summed E-state index contributed by atoms with van der Waals surface area (Å²) in [5.41, 5.74) is 1.56. The Morgan fingerprint density at radius 2 is 2.31 bits per heavy atom. The third kappa shape index (κ3) is 2.70. The molecule has 1 aliphatic heterocycles. The highest BCUT2D eigenvalue weighted by atomic mass is 16.5. The summed E-state index contributed by atoms with van der Waals surface area (Å²) in [6.45, 7) is 1.89. The van der Waals surface area contributed by atoms with Crippen LogP contribution in [0.1, 0.15) is 23.0 Å². The third-order valence-corrected chi connectivity index (χ3v) is 4.71. The van der Waals surface area contributed by atoms with Gasteiger partial charge in [-0.05, 0) is 18.6 Å². The van der Waals surface area contributed by atoms with Crippen LogP contribution in [0, 0.1) is 0 Å². The lowest BCUT2D eigenvalue weighted by atomic mass is 10.2. The number of oxazole rings is 1. The number of hydrogen-bond acceptors (Lipinski definition) is 6. The first kappa shape index (κ1) is 16.5. The van der Waals surface area contributed by atoms with E-state index in [0.29, 0.717) is 38.3 Å². The molecule has 0 aliphatic carbocycles. The summed E-state index contributed by atoms with van der Waals surface area (Å²) in [5, 5.41) is 0. The maximum atomic E-state index is 13.0. The van der Waals surface area contributed by atoms with E-state index in [9.17, 15) is 9.59 Å². The van der Waals surface area contributed by atoms with Crippen molar-refractivity contribution in [1.82, 2.24) is 24.0 Å². The fraction of sp³-hybridized carbons (Fsp3) is 0.412. The van der Waals surface area contributed by atoms with Crippen LogP contribution in [0.25, 0.3) is 11.2 Å². The zero-order chi connectivity index (χ0) is 18.1. The number of fused-ring (bicyclic) bond motifs is 1. The monoisotopic (exact) mass is 357 g/mol.